The summed E-state index contributed by atoms with van der Waals surface area (Å²) >= 11 is 1.82. The maximum absolute atomic E-state index is 13.1. The van der Waals surface area contributed by atoms with Gasteiger partial charge in [-0.05, 0) is 50.7 Å². The SMILES string of the molecule is Cc1nc(N2CCN(C(=O)Cn3nc(C)c4ccccc4c3=O)CC2)c2c3c(sc2n1)C[C@H](C)CC3. The molecule has 0 N–H and O–H groups in total. The zero-order chi connectivity index (χ0) is 25.0. The average Bonchev–Trinajstić information content (AvgIpc) is 3.23. The number of anilines is 1. The predicted octanol–water partition coefficient (Wildman–Crippen LogP) is 3.49. The van der Waals surface area contributed by atoms with Crippen molar-refractivity contribution in [3.63, 3.8) is 0 Å². The number of benzene rings is 1. The number of amides is 1. The van der Waals surface area contributed by atoms with Crippen molar-refractivity contribution in [2.75, 3.05) is 31.1 Å². The number of hydrogen-bond donors (Lipinski definition) is 0. The van der Waals surface area contributed by atoms with Gasteiger partial charge in [-0.15, -0.1) is 11.3 Å². The van der Waals surface area contributed by atoms with Crippen LogP contribution < -0.4 is 10.5 Å². The standard InChI is InChI=1S/C27H30N6O2S/c1-16-8-9-21-22(14-16)36-26-24(21)25(28-18(3)29-26)32-12-10-31(11-13-32)23(34)15-33-27(35)20-7-5-4-6-19(20)17(2)30-33/h4-7,16H,8-15H2,1-3H3/t16-/m1/s1. The van der Waals surface area contributed by atoms with Crippen molar-refractivity contribution in [3.05, 3.63) is 56.6 Å². The Kier molecular flexibility index (Phi) is 5.75. The molecule has 8 nitrogen and oxygen atoms in total. The lowest BCUT2D eigenvalue weighted by Gasteiger charge is -2.36. The molecule has 3 aromatic heterocycles. The highest BCUT2D eigenvalue weighted by molar-refractivity contribution is 7.19. The summed E-state index contributed by atoms with van der Waals surface area (Å²) in [5.41, 5.74) is 1.96. The first kappa shape index (κ1) is 23.1. The van der Waals surface area contributed by atoms with Crippen molar-refractivity contribution >= 4 is 44.1 Å². The second kappa shape index (κ2) is 8.96. The molecule has 2 aliphatic rings. The lowest BCUT2D eigenvalue weighted by molar-refractivity contribution is -0.132. The van der Waals surface area contributed by atoms with E-state index in [-0.39, 0.29) is 18.0 Å². The van der Waals surface area contributed by atoms with E-state index >= 15 is 0 Å². The fourth-order valence-electron chi connectivity index (χ4n) is 5.56. The van der Waals surface area contributed by atoms with E-state index < -0.39 is 0 Å². The summed E-state index contributed by atoms with van der Waals surface area (Å²) in [7, 11) is 0. The van der Waals surface area contributed by atoms with Crippen LogP contribution in [0.2, 0.25) is 0 Å². The van der Waals surface area contributed by atoms with Gasteiger partial charge in [0.1, 0.15) is 23.0 Å². The van der Waals surface area contributed by atoms with Gasteiger partial charge in [-0.1, -0.05) is 25.1 Å². The molecule has 1 aliphatic heterocycles. The first-order valence-corrected chi connectivity index (χ1v) is 13.5. The second-order valence-electron chi connectivity index (χ2n) is 10.1. The summed E-state index contributed by atoms with van der Waals surface area (Å²) in [5.74, 6) is 2.44. The fraction of sp³-hybridized carbons (Fsp3) is 0.444. The normalized spacial score (nSPS) is 18.1. The molecule has 0 spiro atoms. The molecule has 6 rings (SSSR count). The molecule has 1 fully saturated rings. The largest absolute Gasteiger partial charge is 0.352 e. The van der Waals surface area contributed by atoms with Gasteiger partial charge in [0.15, 0.2) is 0 Å². The van der Waals surface area contributed by atoms with Crippen LogP contribution in [0.1, 0.15) is 35.3 Å². The number of rotatable bonds is 3. The molecular formula is C27H30N6O2S. The first-order chi connectivity index (χ1) is 17.4. The van der Waals surface area contributed by atoms with E-state index in [2.05, 4.69) is 16.9 Å². The van der Waals surface area contributed by atoms with Gasteiger partial charge in [0, 0.05) is 36.4 Å². The molecule has 186 valence electrons. The third-order valence-electron chi connectivity index (χ3n) is 7.52. The maximum atomic E-state index is 13.1. The Bertz CT molecular complexity index is 1550. The van der Waals surface area contributed by atoms with E-state index in [1.165, 1.54) is 26.9 Å². The molecule has 0 radical (unpaired) electrons. The minimum absolute atomic E-state index is 0.0441. The summed E-state index contributed by atoms with van der Waals surface area (Å²) in [6.07, 6.45) is 3.41. The quantitative estimate of drug-likeness (QED) is 0.426. The molecule has 1 saturated heterocycles. The second-order valence-corrected chi connectivity index (χ2v) is 11.2. The fourth-order valence-corrected chi connectivity index (χ4v) is 6.99. The molecule has 1 aromatic carbocycles. The number of aryl methyl sites for hydroxylation is 3. The van der Waals surface area contributed by atoms with Gasteiger partial charge in [-0.2, -0.15) is 5.10 Å². The van der Waals surface area contributed by atoms with Crippen molar-refractivity contribution in [3.8, 4) is 0 Å². The third-order valence-corrected chi connectivity index (χ3v) is 8.67. The van der Waals surface area contributed by atoms with Crippen molar-refractivity contribution in [2.45, 2.75) is 46.6 Å². The number of thiophene rings is 1. The van der Waals surface area contributed by atoms with Crippen LogP contribution in [0.25, 0.3) is 21.0 Å². The third kappa shape index (κ3) is 3.95. The Morgan fingerprint density at radius 2 is 1.83 bits per heavy atom. The van der Waals surface area contributed by atoms with Crippen LogP contribution in [0.15, 0.2) is 29.1 Å². The van der Waals surface area contributed by atoms with E-state index in [0.717, 1.165) is 40.4 Å². The first-order valence-electron chi connectivity index (χ1n) is 12.7. The zero-order valence-electron chi connectivity index (χ0n) is 21.0. The summed E-state index contributed by atoms with van der Waals surface area (Å²) in [5, 5.41) is 7.06. The minimum atomic E-state index is -0.224. The minimum Gasteiger partial charge on any atom is -0.352 e. The smallest absolute Gasteiger partial charge is 0.275 e. The number of nitrogens with zero attached hydrogens (tertiary/aromatic N) is 6. The van der Waals surface area contributed by atoms with Crippen LogP contribution in [-0.2, 0) is 24.2 Å². The number of hydrogen-bond acceptors (Lipinski definition) is 7. The topological polar surface area (TPSA) is 84.2 Å². The van der Waals surface area contributed by atoms with Crippen molar-refractivity contribution < 1.29 is 4.79 Å². The van der Waals surface area contributed by atoms with Gasteiger partial charge in [0.2, 0.25) is 5.91 Å². The summed E-state index contributed by atoms with van der Waals surface area (Å²) < 4.78 is 1.31. The van der Waals surface area contributed by atoms with E-state index in [1.807, 2.05) is 48.3 Å². The van der Waals surface area contributed by atoms with Crippen molar-refractivity contribution in [2.24, 2.45) is 5.92 Å². The van der Waals surface area contributed by atoms with E-state index in [9.17, 15) is 9.59 Å². The highest BCUT2D eigenvalue weighted by atomic mass is 32.1. The van der Waals surface area contributed by atoms with E-state index in [1.54, 1.807) is 6.07 Å². The Hall–Kier alpha value is -3.33. The molecule has 1 atom stereocenters. The number of piperazine rings is 1. The van der Waals surface area contributed by atoms with Gasteiger partial charge in [-0.25, -0.2) is 14.6 Å². The Morgan fingerprint density at radius 1 is 1.08 bits per heavy atom. The number of fused-ring (bicyclic) bond motifs is 4. The predicted molar refractivity (Wildman–Crippen MR) is 143 cm³/mol. The Labute approximate surface area is 213 Å². The van der Waals surface area contributed by atoms with E-state index in [4.69, 9.17) is 9.97 Å². The molecule has 0 saturated carbocycles. The zero-order valence-corrected chi connectivity index (χ0v) is 21.8. The number of carbonyl (C=O) groups is 1. The highest BCUT2D eigenvalue weighted by Gasteiger charge is 2.28. The molecular weight excluding hydrogens is 472 g/mol. The van der Waals surface area contributed by atoms with Crippen LogP contribution in [0.3, 0.4) is 0 Å². The van der Waals surface area contributed by atoms with Gasteiger partial charge in [-0.3, -0.25) is 9.59 Å². The van der Waals surface area contributed by atoms with Gasteiger partial charge < -0.3 is 9.80 Å². The Balaban J connectivity index is 1.21. The van der Waals surface area contributed by atoms with Gasteiger partial charge >= 0.3 is 0 Å². The molecule has 9 heteroatoms. The molecule has 0 bridgehead atoms. The molecule has 4 aromatic rings. The Morgan fingerprint density at radius 3 is 2.61 bits per heavy atom. The number of carbonyl (C=O) groups excluding carboxylic acids is 1. The average molecular weight is 503 g/mol. The molecule has 0 unspecified atom stereocenters. The van der Waals surface area contributed by atoms with Crippen LogP contribution in [0, 0.1) is 19.8 Å². The van der Waals surface area contributed by atoms with Gasteiger partial charge in [0.05, 0.1) is 16.5 Å². The molecule has 36 heavy (non-hydrogen) atoms. The van der Waals surface area contributed by atoms with Crippen LogP contribution in [-0.4, -0.2) is 56.7 Å². The van der Waals surface area contributed by atoms with E-state index in [0.29, 0.717) is 37.5 Å². The van der Waals surface area contributed by atoms with Crippen LogP contribution in [0.5, 0.6) is 0 Å². The van der Waals surface area contributed by atoms with Crippen molar-refractivity contribution in [1.82, 2.24) is 24.6 Å². The summed E-state index contributed by atoms with van der Waals surface area (Å²) in [4.78, 5) is 42.4. The monoisotopic (exact) mass is 502 g/mol. The maximum Gasteiger partial charge on any atom is 0.275 e. The molecule has 4 heterocycles. The van der Waals surface area contributed by atoms with Gasteiger partial charge in [0.25, 0.3) is 5.56 Å². The highest BCUT2D eigenvalue weighted by Crippen LogP contribution is 2.41. The van der Waals surface area contributed by atoms with Crippen molar-refractivity contribution in [1.29, 1.82) is 0 Å². The summed E-state index contributed by atoms with van der Waals surface area (Å²) in [6.45, 7) is 8.70. The lowest BCUT2D eigenvalue weighted by atomic mass is 9.89. The molecule has 1 aliphatic carbocycles. The van der Waals surface area contributed by atoms with Crippen LogP contribution >= 0.6 is 11.3 Å². The molecule has 1 amide bonds. The number of aromatic nitrogens is 4. The summed E-state index contributed by atoms with van der Waals surface area (Å²) in [6, 6.07) is 7.41. The van der Waals surface area contributed by atoms with Crippen LogP contribution in [0.4, 0.5) is 5.82 Å². The lowest BCUT2D eigenvalue weighted by Crippen LogP contribution is -2.50.